The van der Waals surface area contributed by atoms with Gasteiger partial charge in [-0.3, -0.25) is 9.11 Å². The second-order valence-corrected chi connectivity index (χ2v) is 3.53. The molecule has 3 N–H and O–H groups in total. The Morgan fingerprint density at radius 2 is 1.69 bits per heavy atom. The summed E-state index contributed by atoms with van der Waals surface area (Å²) in [4.78, 5) is 2.45. The molecule has 0 aromatic heterocycles. The topological polar surface area (TPSA) is 89.9 Å². The smallest absolute Gasteiger partial charge is 0.314 e. The standard InChI is InChI=1S/C6H14N2.H2O4S/c1-2-8-5-3-7-4-6-8;1-5(2,3)4/h7H,2-6H2,1H3;(H2,1,2,3,4). The number of hydrogen-bond donors (Lipinski definition) is 3. The Morgan fingerprint density at radius 3 is 1.92 bits per heavy atom. The van der Waals surface area contributed by atoms with Gasteiger partial charge in [-0.05, 0) is 6.54 Å². The van der Waals surface area contributed by atoms with Crippen molar-refractivity contribution >= 4 is 10.4 Å². The molecule has 0 amide bonds. The number of rotatable bonds is 1. The van der Waals surface area contributed by atoms with Crippen molar-refractivity contribution in [1.29, 1.82) is 0 Å². The molecule has 1 aliphatic heterocycles. The van der Waals surface area contributed by atoms with Gasteiger partial charge >= 0.3 is 10.4 Å². The van der Waals surface area contributed by atoms with Crippen molar-refractivity contribution in [3.63, 3.8) is 0 Å². The van der Waals surface area contributed by atoms with Crippen molar-refractivity contribution in [2.45, 2.75) is 6.92 Å². The monoisotopic (exact) mass is 212 g/mol. The lowest BCUT2D eigenvalue weighted by molar-refractivity contribution is 0.253. The Labute approximate surface area is 78.5 Å². The minimum atomic E-state index is -4.67. The lowest BCUT2D eigenvalue weighted by Gasteiger charge is -2.25. The van der Waals surface area contributed by atoms with E-state index in [1.54, 1.807) is 0 Å². The molecule has 1 heterocycles. The maximum Gasteiger partial charge on any atom is 0.394 e. The molecule has 1 aliphatic rings. The van der Waals surface area contributed by atoms with Crippen LogP contribution in [0, 0.1) is 0 Å². The van der Waals surface area contributed by atoms with E-state index in [1.807, 2.05) is 0 Å². The molecule has 1 rings (SSSR count). The lowest BCUT2D eigenvalue weighted by atomic mass is 10.4. The molecule has 1 saturated heterocycles. The fourth-order valence-electron chi connectivity index (χ4n) is 1.03. The van der Waals surface area contributed by atoms with Gasteiger partial charge in [0.25, 0.3) is 0 Å². The molecule has 0 radical (unpaired) electrons. The molecule has 0 aromatic carbocycles. The predicted octanol–water partition coefficient (Wildman–Crippen LogP) is -0.741. The van der Waals surface area contributed by atoms with E-state index >= 15 is 0 Å². The van der Waals surface area contributed by atoms with Crippen LogP contribution in [0.1, 0.15) is 6.92 Å². The molecule has 0 bridgehead atoms. The van der Waals surface area contributed by atoms with Crippen LogP contribution in [0.5, 0.6) is 0 Å². The second kappa shape index (κ2) is 6.28. The maximum atomic E-state index is 8.74. The summed E-state index contributed by atoms with van der Waals surface area (Å²) in [5.74, 6) is 0. The van der Waals surface area contributed by atoms with Gasteiger partial charge in [0.2, 0.25) is 0 Å². The third-order valence-electron chi connectivity index (χ3n) is 1.66. The third-order valence-corrected chi connectivity index (χ3v) is 1.66. The number of hydrogen-bond acceptors (Lipinski definition) is 4. The highest BCUT2D eigenvalue weighted by Crippen LogP contribution is 1.88. The molecule has 13 heavy (non-hydrogen) atoms. The summed E-state index contributed by atoms with van der Waals surface area (Å²) in [5.41, 5.74) is 0. The van der Waals surface area contributed by atoms with E-state index in [1.165, 1.54) is 32.7 Å². The van der Waals surface area contributed by atoms with Gasteiger partial charge in [-0.2, -0.15) is 8.42 Å². The van der Waals surface area contributed by atoms with E-state index in [4.69, 9.17) is 17.5 Å². The fourth-order valence-corrected chi connectivity index (χ4v) is 1.03. The Morgan fingerprint density at radius 1 is 1.31 bits per heavy atom. The van der Waals surface area contributed by atoms with Crippen molar-refractivity contribution in [3.8, 4) is 0 Å². The van der Waals surface area contributed by atoms with Gasteiger partial charge < -0.3 is 10.2 Å². The molecule has 0 aromatic rings. The van der Waals surface area contributed by atoms with E-state index < -0.39 is 10.4 Å². The van der Waals surface area contributed by atoms with Gasteiger partial charge in [-0.1, -0.05) is 6.92 Å². The zero-order valence-corrected chi connectivity index (χ0v) is 8.42. The molecular weight excluding hydrogens is 196 g/mol. The first-order valence-corrected chi connectivity index (χ1v) is 5.46. The van der Waals surface area contributed by atoms with Gasteiger partial charge in [0.15, 0.2) is 0 Å². The zero-order chi connectivity index (χ0) is 10.3. The lowest BCUT2D eigenvalue weighted by Crippen LogP contribution is -2.43. The first-order chi connectivity index (χ1) is 5.93. The van der Waals surface area contributed by atoms with Crippen LogP contribution in [0.4, 0.5) is 0 Å². The largest absolute Gasteiger partial charge is 0.394 e. The summed E-state index contributed by atoms with van der Waals surface area (Å²) < 4.78 is 31.6. The molecule has 1 fully saturated rings. The first-order valence-electron chi connectivity index (χ1n) is 4.06. The summed E-state index contributed by atoms with van der Waals surface area (Å²) in [6, 6.07) is 0. The quantitative estimate of drug-likeness (QED) is 0.496. The molecule has 0 saturated carbocycles. The van der Waals surface area contributed by atoms with Crippen molar-refractivity contribution < 1.29 is 17.5 Å². The Kier molecular flexibility index (Phi) is 6.17. The van der Waals surface area contributed by atoms with E-state index in [9.17, 15) is 0 Å². The molecule has 7 heteroatoms. The number of piperazine rings is 1. The van der Waals surface area contributed by atoms with Gasteiger partial charge in [0.05, 0.1) is 0 Å². The van der Waals surface area contributed by atoms with Crippen molar-refractivity contribution in [2.24, 2.45) is 0 Å². The fraction of sp³-hybridized carbons (Fsp3) is 1.00. The molecule has 0 spiro atoms. The first kappa shape index (κ1) is 12.8. The molecular formula is C6H16N2O4S. The van der Waals surface area contributed by atoms with Crippen LogP contribution in [-0.4, -0.2) is 55.1 Å². The molecule has 6 nitrogen and oxygen atoms in total. The van der Waals surface area contributed by atoms with Crippen LogP contribution < -0.4 is 5.32 Å². The summed E-state index contributed by atoms with van der Waals surface area (Å²) in [6.45, 7) is 8.24. The van der Waals surface area contributed by atoms with Crippen LogP contribution in [0.3, 0.4) is 0 Å². The summed E-state index contributed by atoms with van der Waals surface area (Å²) in [7, 11) is -4.67. The van der Waals surface area contributed by atoms with Gasteiger partial charge in [-0.25, -0.2) is 0 Å². The molecule has 0 atom stereocenters. The van der Waals surface area contributed by atoms with E-state index in [0.29, 0.717) is 0 Å². The maximum absolute atomic E-state index is 8.74. The zero-order valence-electron chi connectivity index (χ0n) is 7.60. The highest BCUT2D eigenvalue weighted by Gasteiger charge is 2.04. The molecule has 0 aliphatic carbocycles. The minimum absolute atomic E-state index is 1.17. The van der Waals surface area contributed by atoms with Gasteiger partial charge in [-0.15, -0.1) is 0 Å². The van der Waals surface area contributed by atoms with E-state index in [-0.39, 0.29) is 0 Å². The van der Waals surface area contributed by atoms with Crippen LogP contribution in [0.15, 0.2) is 0 Å². The van der Waals surface area contributed by atoms with Crippen LogP contribution in [-0.2, 0) is 10.4 Å². The summed E-state index contributed by atoms with van der Waals surface area (Å²) in [5, 5.41) is 3.31. The number of likely N-dealkylation sites (N-methyl/N-ethyl adjacent to an activating group) is 1. The van der Waals surface area contributed by atoms with Crippen LogP contribution in [0.25, 0.3) is 0 Å². The number of nitrogens with one attached hydrogen (secondary N) is 1. The average Bonchev–Trinajstić information content (AvgIpc) is 2.03. The molecule has 80 valence electrons. The van der Waals surface area contributed by atoms with Crippen molar-refractivity contribution in [2.75, 3.05) is 32.7 Å². The van der Waals surface area contributed by atoms with Crippen LogP contribution >= 0.6 is 0 Å². The normalized spacial score (nSPS) is 19.0. The second-order valence-electron chi connectivity index (χ2n) is 2.63. The minimum Gasteiger partial charge on any atom is -0.314 e. The SMILES string of the molecule is CCN1CCNCC1.O=S(=O)(O)O. The highest BCUT2D eigenvalue weighted by atomic mass is 32.3. The van der Waals surface area contributed by atoms with Crippen LogP contribution in [0.2, 0.25) is 0 Å². The van der Waals surface area contributed by atoms with Gasteiger partial charge in [0.1, 0.15) is 0 Å². The summed E-state index contributed by atoms with van der Waals surface area (Å²) >= 11 is 0. The van der Waals surface area contributed by atoms with E-state index in [2.05, 4.69) is 17.1 Å². The highest BCUT2D eigenvalue weighted by molar-refractivity contribution is 7.79. The van der Waals surface area contributed by atoms with Crippen molar-refractivity contribution in [3.05, 3.63) is 0 Å². The average molecular weight is 212 g/mol. The Bertz CT molecular complexity index is 203. The third kappa shape index (κ3) is 11.8. The Hall–Kier alpha value is -0.210. The summed E-state index contributed by atoms with van der Waals surface area (Å²) in [6.07, 6.45) is 0. The van der Waals surface area contributed by atoms with Crippen molar-refractivity contribution in [1.82, 2.24) is 10.2 Å². The predicted molar refractivity (Wildman–Crippen MR) is 49.2 cm³/mol. The molecule has 0 unspecified atom stereocenters. The van der Waals surface area contributed by atoms with E-state index in [0.717, 1.165) is 0 Å². The van der Waals surface area contributed by atoms with Gasteiger partial charge in [0, 0.05) is 26.2 Å². The number of nitrogens with zero attached hydrogens (tertiary/aromatic N) is 1. The Balaban J connectivity index is 0.000000252.